The second kappa shape index (κ2) is 12.1. The predicted octanol–water partition coefficient (Wildman–Crippen LogP) is 3.68. The van der Waals surface area contributed by atoms with Gasteiger partial charge in [0, 0.05) is 36.3 Å². The zero-order valence-corrected chi connectivity index (χ0v) is 19.1. The molecular weight excluding hydrogens is 420 g/mol. The fourth-order valence-electron chi connectivity index (χ4n) is 2.88. The summed E-state index contributed by atoms with van der Waals surface area (Å²) in [7, 11) is 3.07. The molecule has 2 aromatic rings. The number of carbonyl (C=O) groups is 2. The molecule has 0 spiro atoms. The number of rotatable bonds is 11. The summed E-state index contributed by atoms with van der Waals surface area (Å²) in [5, 5.41) is 3.36. The Morgan fingerprint density at radius 2 is 1.68 bits per heavy atom. The summed E-state index contributed by atoms with van der Waals surface area (Å²) >= 11 is 6.28. The van der Waals surface area contributed by atoms with Gasteiger partial charge in [-0.25, -0.2) is 0 Å². The van der Waals surface area contributed by atoms with Crippen molar-refractivity contribution in [2.75, 3.05) is 27.4 Å². The van der Waals surface area contributed by atoms with E-state index in [4.69, 9.17) is 25.8 Å². The van der Waals surface area contributed by atoms with Crippen molar-refractivity contribution >= 4 is 23.4 Å². The lowest BCUT2D eigenvalue weighted by Gasteiger charge is -2.29. The van der Waals surface area contributed by atoms with Crippen molar-refractivity contribution in [3.05, 3.63) is 53.1 Å². The molecule has 168 valence electrons. The van der Waals surface area contributed by atoms with E-state index in [1.54, 1.807) is 31.2 Å². The van der Waals surface area contributed by atoms with E-state index in [1.165, 1.54) is 19.1 Å². The van der Waals surface area contributed by atoms with E-state index in [0.29, 0.717) is 28.8 Å². The maximum absolute atomic E-state index is 13.1. The Balaban J connectivity index is 2.19. The highest BCUT2D eigenvalue weighted by atomic mass is 35.5. The van der Waals surface area contributed by atoms with Gasteiger partial charge in [-0.15, -0.1) is 0 Å². The first kappa shape index (κ1) is 24.3. The summed E-state index contributed by atoms with van der Waals surface area (Å²) in [5.41, 5.74) is 0.746. The highest BCUT2D eigenvalue weighted by molar-refractivity contribution is 6.31. The van der Waals surface area contributed by atoms with Crippen molar-refractivity contribution in [2.45, 2.75) is 32.9 Å². The molecule has 0 unspecified atom stereocenters. The number of hydrogen-bond donors (Lipinski definition) is 1. The SMILES string of the molecule is CCCNC(=O)[C@H](C)N(Cc1ccccc1Cl)C(=O)COc1cc(OC)cc(OC)c1. The second-order valence-electron chi connectivity index (χ2n) is 6.92. The van der Waals surface area contributed by atoms with E-state index in [2.05, 4.69) is 5.32 Å². The molecule has 0 radical (unpaired) electrons. The minimum absolute atomic E-state index is 0.185. The zero-order valence-electron chi connectivity index (χ0n) is 18.3. The molecule has 0 aromatic heterocycles. The van der Waals surface area contributed by atoms with Crippen LogP contribution in [0, 0.1) is 0 Å². The van der Waals surface area contributed by atoms with Crippen LogP contribution >= 0.6 is 11.6 Å². The van der Waals surface area contributed by atoms with Crippen LogP contribution in [0.5, 0.6) is 17.2 Å². The molecule has 0 heterocycles. The molecule has 0 aliphatic heterocycles. The zero-order chi connectivity index (χ0) is 22.8. The van der Waals surface area contributed by atoms with Crippen LogP contribution in [-0.2, 0) is 16.1 Å². The molecule has 2 aromatic carbocycles. The van der Waals surface area contributed by atoms with Gasteiger partial charge in [0.25, 0.3) is 5.91 Å². The lowest BCUT2D eigenvalue weighted by molar-refractivity contribution is -0.142. The molecule has 0 saturated carbocycles. The van der Waals surface area contributed by atoms with Gasteiger partial charge in [0.2, 0.25) is 5.91 Å². The van der Waals surface area contributed by atoms with Gasteiger partial charge < -0.3 is 24.4 Å². The molecule has 2 amide bonds. The molecule has 0 bridgehead atoms. The third-order valence-electron chi connectivity index (χ3n) is 4.70. The van der Waals surface area contributed by atoms with Gasteiger partial charge in [0.05, 0.1) is 14.2 Å². The summed E-state index contributed by atoms with van der Waals surface area (Å²) in [6.07, 6.45) is 0.803. The van der Waals surface area contributed by atoms with E-state index < -0.39 is 6.04 Å². The normalized spacial score (nSPS) is 11.4. The van der Waals surface area contributed by atoms with Crippen LogP contribution in [0.15, 0.2) is 42.5 Å². The van der Waals surface area contributed by atoms with Crippen LogP contribution in [0.25, 0.3) is 0 Å². The van der Waals surface area contributed by atoms with Crippen LogP contribution in [0.2, 0.25) is 5.02 Å². The van der Waals surface area contributed by atoms with Crippen molar-refractivity contribution in [3.8, 4) is 17.2 Å². The summed E-state index contributed by atoms with van der Waals surface area (Å²) < 4.78 is 16.2. The highest BCUT2D eigenvalue weighted by Gasteiger charge is 2.27. The Hall–Kier alpha value is -2.93. The van der Waals surface area contributed by atoms with Crippen LogP contribution in [0.1, 0.15) is 25.8 Å². The maximum Gasteiger partial charge on any atom is 0.261 e. The number of carbonyl (C=O) groups excluding carboxylic acids is 2. The molecule has 0 fully saturated rings. The molecule has 31 heavy (non-hydrogen) atoms. The smallest absolute Gasteiger partial charge is 0.261 e. The monoisotopic (exact) mass is 448 g/mol. The van der Waals surface area contributed by atoms with Crippen LogP contribution < -0.4 is 19.5 Å². The standard InChI is InChI=1S/C23H29ClN2O5/c1-5-10-25-23(28)16(2)26(14-17-8-6-7-9-21(17)24)22(27)15-31-20-12-18(29-3)11-19(13-20)30-4/h6-9,11-13,16H,5,10,14-15H2,1-4H3,(H,25,28)/t16-/m0/s1. The number of nitrogens with zero attached hydrogens (tertiary/aromatic N) is 1. The third kappa shape index (κ3) is 7.07. The minimum atomic E-state index is -0.696. The molecule has 0 aliphatic rings. The summed E-state index contributed by atoms with van der Waals surface area (Å²) in [6.45, 7) is 4.12. The predicted molar refractivity (Wildman–Crippen MR) is 120 cm³/mol. The number of hydrogen-bond acceptors (Lipinski definition) is 5. The Kier molecular flexibility index (Phi) is 9.46. The van der Waals surface area contributed by atoms with Crippen molar-refractivity contribution < 1.29 is 23.8 Å². The summed E-state index contributed by atoms with van der Waals surface area (Å²) in [4.78, 5) is 27.1. The van der Waals surface area contributed by atoms with Gasteiger partial charge in [-0.05, 0) is 25.0 Å². The molecule has 2 rings (SSSR count). The summed E-state index contributed by atoms with van der Waals surface area (Å²) in [6, 6.07) is 11.6. The Morgan fingerprint density at radius 1 is 1.06 bits per heavy atom. The number of halogens is 1. The first-order chi connectivity index (χ1) is 14.9. The van der Waals surface area contributed by atoms with Crippen molar-refractivity contribution in [3.63, 3.8) is 0 Å². The summed E-state index contributed by atoms with van der Waals surface area (Å²) in [5.74, 6) is 0.931. The van der Waals surface area contributed by atoms with Crippen molar-refractivity contribution in [2.24, 2.45) is 0 Å². The van der Waals surface area contributed by atoms with E-state index >= 15 is 0 Å². The van der Waals surface area contributed by atoms with Gasteiger partial charge in [-0.3, -0.25) is 9.59 Å². The van der Waals surface area contributed by atoms with Gasteiger partial charge in [-0.2, -0.15) is 0 Å². The van der Waals surface area contributed by atoms with Gasteiger partial charge in [-0.1, -0.05) is 36.7 Å². The highest BCUT2D eigenvalue weighted by Crippen LogP contribution is 2.27. The lowest BCUT2D eigenvalue weighted by atomic mass is 10.1. The van der Waals surface area contributed by atoms with Crippen LogP contribution in [0.4, 0.5) is 0 Å². The average molecular weight is 449 g/mol. The van der Waals surface area contributed by atoms with E-state index in [1.807, 2.05) is 25.1 Å². The van der Waals surface area contributed by atoms with Crippen LogP contribution in [0.3, 0.4) is 0 Å². The second-order valence-corrected chi connectivity index (χ2v) is 7.32. The topological polar surface area (TPSA) is 77.1 Å². The first-order valence-corrected chi connectivity index (χ1v) is 10.4. The average Bonchev–Trinajstić information content (AvgIpc) is 2.79. The Bertz CT molecular complexity index is 868. The first-order valence-electron chi connectivity index (χ1n) is 10.1. The lowest BCUT2D eigenvalue weighted by Crippen LogP contribution is -2.49. The Morgan fingerprint density at radius 3 is 2.26 bits per heavy atom. The van der Waals surface area contributed by atoms with Crippen molar-refractivity contribution in [1.29, 1.82) is 0 Å². The largest absolute Gasteiger partial charge is 0.496 e. The maximum atomic E-state index is 13.1. The molecule has 8 heteroatoms. The fraction of sp³-hybridized carbons (Fsp3) is 0.391. The van der Waals surface area contributed by atoms with E-state index in [9.17, 15) is 9.59 Å². The van der Waals surface area contributed by atoms with E-state index in [0.717, 1.165) is 12.0 Å². The third-order valence-corrected chi connectivity index (χ3v) is 5.07. The number of ether oxygens (including phenoxy) is 3. The molecule has 1 atom stereocenters. The van der Waals surface area contributed by atoms with E-state index in [-0.39, 0.29) is 25.0 Å². The van der Waals surface area contributed by atoms with Crippen LogP contribution in [-0.4, -0.2) is 50.1 Å². The number of amides is 2. The Labute approximate surface area is 188 Å². The minimum Gasteiger partial charge on any atom is -0.496 e. The number of methoxy groups -OCH3 is 2. The van der Waals surface area contributed by atoms with Gasteiger partial charge in [0.1, 0.15) is 23.3 Å². The molecular formula is C23H29ClN2O5. The fourth-order valence-corrected chi connectivity index (χ4v) is 3.08. The molecule has 1 N–H and O–H groups in total. The van der Waals surface area contributed by atoms with Crippen molar-refractivity contribution in [1.82, 2.24) is 10.2 Å². The number of nitrogens with one attached hydrogen (secondary N) is 1. The van der Waals surface area contributed by atoms with Gasteiger partial charge in [0.15, 0.2) is 6.61 Å². The number of benzene rings is 2. The molecule has 0 saturated heterocycles. The molecule has 0 aliphatic carbocycles. The quantitative estimate of drug-likeness (QED) is 0.567. The van der Waals surface area contributed by atoms with Gasteiger partial charge >= 0.3 is 0 Å². The molecule has 7 nitrogen and oxygen atoms in total.